The highest BCUT2D eigenvalue weighted by atomic mass is 16.5. The number of methoxy groups -OCH3 is 2. The molecule has 0 fully saturated rings. The number of hydrogen-bond acceptors (Lipinski definition) is 7. The molecule has 1 N–H and O–H groups in total. The van der Waals surface area contributed by atoms with Crippen molar-refractivity contribution >= 4 is 10.9 Å². The number of nitrogens with zero attached hydrogens (tertiary/aromatic N) is 5. The smallest absolute Gasteiger partial charge is 0.256 e. The van der Waals surface area contributed by atoms with Crippen LogP contribution in [0.2, 0.25) is 0 Å². The van der Waals surface area contributed by atoms with Gasteiger partial charge in [-0.25, -0.2) is 9.97 Å². The van der Waals surface area contributed by atoms with Gasteiger partial charge in [0.15, 0.2) is 5.75 Å². The van der Waals surface area contributed by atoms with E-state index in [1.807, 2.05) is 45.0 Å². The summed E-state index contributed by atoms with van der Waals surface area (Å²) in [5, 5.41) is 21.1. The fourth-order valence-electron chi connectivity index (χ4n) is 3.61. The lowest BCUT2D eigenvalue weighted by molar-refractivity contribution is 0.343. The maximum atomic E-state index is 11.0. The zero-order valence-electron chi connectivity index (χ0n) is 18.5. The molecule has 0 atom stereocenters. The van der Waals surface area contributed by atoms with E-state index in [2.05, 4.69) is 16.0 Å². The van der Waals surface area contributed by atoms with Crippen molar-refractivity contribution in [3.63, 3.8) is 0 Å². The van der Waals surface area contributed by atoms with Crippen molar-refractivity contribution in [2.75, 3.05) is 14.2 Å². The Morgan fingerprint density at radius 3 is 2.56 bits per heavy atom. The van der Waals surface area contributed by atoms with Crippen LogP contribution in [-0.4, -0.2) is 38.8 Å². The molecule has 0 aromatic carbocycles. The summed E-state index contributed by atoms with van der Waals surface area (Å²) in [6, 6.07) is 9.60. The molecule has 0 saturated carbocycles. The lowest BCUT2D eigenvalue weighted by Crippen LogP contribution is -2.14. The Kier molecular flexibility index (Phi) is 5.18. The van der Waals surface area contributed by atoms with Crippen LogP contribution in [0.1, 0.15) is 25.1 Å². The molecule has 162 valence electrons. The van der Waals surface area contributed by atoms with Crippen LogP contribution >= 0.6 is 0 Å². The molecule has 4 heterocycles. The lowest BCUT2D eigenvalue weighted by atomic mass is 9.87. The molecular formula is C24H23N5O3. The van der Waals surface area contributed by atoms with Gasteiger partial charge in [0.05, 0.1) is 54.2 Å². The Morgan fingerprint density at radius 2 is 1.88 bits per heavy atom. The van der Waals surface area contributed by atoms with Gasteiger partial charge < -0.3 is 14.6 Å². The SMILES string of the molecule is COc1cc(-c2ccc3c(O)n(-c4cncc(C(C)(C)C#N)c4)c(C)c3n2)cnc1OC. The van der Waals surface area contributed by atoms with E-state index in [4.69, 9.17) is 14.5 Å². The first-order valence-electron chi connectivity index (χ1n) is 9.97. The second-order valence-corrected chi connectivity index (χ2v) is 7.94. The molecule has 4 rings (SSSR count). The summed E-state index contributed by atoms with van der Waals surface area (Å²) in [7, 11) is 3.09. The molecule has 8 nitrogen and oxygen atoms in total. The van der Waals surface area contributed by atoms with Crippen molar-refractivity contribution in [1.29, 1.82) is 5.26 Å². The van der Waals surface area contributed by atoms with E-state index in [0.717, 1.165) is 16.8 Å². The van der Waals surface area contributed by atoms with E-state index in [1.54, 1.807) is 30.3 Å². The van der Waals surface area contributed by atoms with E-state index in [1.165, 1.54) is 7.11 Å². The van der Waals surface area contributed by atoms with Gasteiger partial charge in [-0.2, -0.15) is 5.26 Å². The summed E-state index contributed by atoms with van der Waals surface area (Å²) in [5.74, 6) is 0.965. The molecule has 0 saturated heterocycles. The summed E-state index contributed by atoms with van der Waals surface area (Å²) in [6.07, 6.45) is 4.99. The minimum Gasteiger partial charge on any atom is -0.494 e. The minimum absolute atomic E-state index is 0.0655. The summed E-state index contributed by atoms with van der Waals surface area (Å²) in [5.41, 5.74) is 3.57. The molecule has 0 aliphatic heterocycles. The monoisotopic (exact) mass is 429 g/mol. The van der Waals surface area contributed by atoms with Crippen molar-refractivity contribution in [3.8, 4) is 40.5 Å². The van der Waals surface area contributed by atoms with Gasteiger partial charge >= 0.3 is 0 Å². The summed E-state index contributed by atoms with van der Waals surface area (Å²) >= 11 is 0. The van der Waals surface area contributed by atoms with Gasteiger partial charge in [-0.15, -0.1) is 0 Å². The van der Waals surface area contributed by atoms with Crippen LogP contribution in [0.3, 0.4) is 0 Å². The number of rotatable bonds is 5. The molecule has 0 unspecified atom stereocenters. The fourth-order valence-corrected chi connectivity index (χ4v) is 3.61. The zero-order valence-corrected chi connectivity index (χ0v) is 18.5. The largest absolute Gasteiger partial charge is 0.494 e. The number of fused-ring (bicyclic) bond motifs is 1. The third-order valence-corrected chi connectivity index (χ3v) is 5.54. The topological polar surface area (TPSA) is 106 Å². The van der Waals surface area contributed by atoms with Gasteiger partial charge in [0.1, 0.15) is 0 Å². The van der Waals surface area contributed by atoms with Crippen molar-refractivity contribution < 1.29 is 14.6 Å². The van der Waals surface area contributed by atoms with Gasteiger partial charge in [-0.05, 0) is 50.6 Å². The van der Waals surface area contributed by atoms with Crippen LogP contribution in [0.25, 0.3) is 27.8 Å². The Labute approximate surface area is 185 Å². The number of aromatic hydroxyl groups is 1. The van der Waals surface area contributed by atoms with E-state index < -0.39 is 5.41 Å². The van der Waals surface area contributed by atoms with E-state index in [-0.39, 0.29) is 5.88 Å². The molecule has 0 bridgehead atoms. The normalized spacial score (nSPS) is 11.4. The summed E-state index contributed by atoms with van der Waals surface area (Å²) < 4.78 is 12.2. The highest BCUT2D eigenvalue weighted by Gasteiger charge is 2.23. The molecule has 4 aromatic heterocycles. The van der Waals surface area contributed by atoms with Crippen LogP contribution in [0, 0.1) is 18.3 Å². The predicted molar refractivity (Wildman–Crippen MR) is 120 cm³/mol. The van der Waals surface area contributed by atoms with Gasteiger partial charge in [0.2, 0.25) is 5.88 Å². The standard InChI is InChI=1S/C24H23N5O3/c1-14-21-18(6-7-19(28-21)15-8-20(31-4)22(32-5)27-10-15)23(30)29(14)17-9-16(11-26-12-17)24(2,3)13-25/h6-12,30H,1-5H3. The first-order valence-corrected chi connectivity index (χ1v) is 9.97. The van der Waals surface area contributed by atoms with Crippen LogP contribution < -0.4 is 9.47 Å². The molecule has 0 aliphatic carbocycles. The molecule has 4 aromatic rings. The predicted octanol–water partition coefficient (Wildman–Crippen LogP) is 4.31. The van der Waals surface area contributed by atoms with Crippen LogP contribution in [0.15, 0.2) is 42.9 Å². The van der Waals surface area contributed by atoms with Crippen molar-refractivity contribution in [2.24, 2.45) is 0 Å². The molecule has 0 amide bonds. The average molecular weight is 429 g/mol. The number of nitriles is 1. The van der Waals surface area contributed by atoms with Crippen LogP contribution in [0.5, 0.6) is 17.5 Å². The molecule has 8 heteroatoms. The number of ether oxygens (including phenoxy) is 2. The number of aromatic nitrogens is 4. The molecule has 32 heavy (non-hydrogen) atoms. The number of aryl methyl sites for hydroxylation is 1. The third kappa shape index (κ3) is 3.38. The van der Waals surface area contributed by atoms with Gasteiger partial charge in [-0.1, -0.05) is 0 Å². The Balaban J connectivity index is 1.86. The van der Waals surface area contributed by atoms with Crippen LogP contribution in [-0.2, 0) is 5.41 Å². The quantitative estimate of drug-likeness (QED) is 0.504. The molecule has 0 spiro atoms. The second kappa shape index (κ2) is 7.85. The van der Waals surface area contributed by atoms with E-state index in [0.29, 0.717) is 33.9 Å². The highest BCUT2D eigenvalue weighted by molar-refractivity contribution is 5.90. The van der Waals surface area contributed by atoms with Crippen molar-refractivity contribution in [1.82, 2.24) is 19.5 Å². The summed E-state index contributed by atoms with van der Waals surface area (Å²) in [6.45, 7) is 5.54. The van der Waals surface area contributed by atoms with Gasteiger partial charge in [0, 0.05) is 23.7 Å². The zero-order chi connectivity index (χ0) is 23.0. The Bertz CT molecular complexity index is 1370. The van der Waals surface area contributed by atoms with Crippen molar-refractivity contribution in [2.45, 2.75) is 26.2 Å². The van der Waals surface area contributed by atoms with Gasteiger partial charge in [0.25, 0.3) is 5.88 Å². The Morgan fingerprint density at radius 1 is 1.09 bits per heavy atom. The minimum atomic E-state index is -0.703. The number of pyridine rings is 3. The second-order valence-electron chi connectivity index (χ2n) is 7.94. The van der Waals surface area contributed by atoms with Crippen molar-refractivity contribution in [3.05, 3.63) is 54.1 Å². The first-order chi connectivity index (χ1) is 15.3. The third-order valence-electron chi connectivity index (χ3n) is 5.54. The average Bonchev–Trinajstić information content (AvgIpc) is 3.07. The molecule has 0 radical (unpaired) electrons. The van der Waals surface area contributed by atoms with E-state index >= 15 is 0 Å². The highest BCUT2D eigenvalue weighted by Crippen LogP contribution is 2.36. The van der Waals surface area contributed by atoms with E-state index in [9.17, 15) is 10.4 Å². The molecule has 0 aliphatic rings. The Hall–Kier alpha value is -4.12. The van der Waals surface area contributed by atoms with Gasteiger partial charge in [-0.3, -0.25) is 9.55 Å². The molecular weight excluding hydrogens is 406 g/mol. The maximum absolute atomic E-state index is 11.0. The maximum Gasteiger partial charge on any atom is 0.256 e. The first kappa shape index (κ1) is 21.1. The summed E-state index contributed by atoms with van der Waals surface area (Å²) in [4.78, 5) is 13.4. The number of hydrogen-bond donors (Lipinski definition) is 1. The van der Waals surface area contributed by atoms with Crippen LogP contribution in [0.4, 0.5) is 0 Å². The fraction of sp³-hybridized carbons (Fsp3) is 0.250. The lowest BCUT2D eigenvalue weighted by Gasteiger charge is -2.17.